The van der Waals surface area contributed by atoms with Gasteiger partial charge in [-0.15, -0.1) is 0 Å². The lowest BCUT2D eigenvalue weighted by molar-refractivity contribution is -0.0277. The molecule has 1 saturated heterocycles. The molecular weight excluding hydrogens is 174 g/mol. The van der Waals surface area contributed by atoms with Crippen LogP contribution < -0.4 is 0 Å². The van der Waals surface area contributed by atoms with Crippen molar-refractivity contribution in [2.24, 2.45) is 0 Å². The normalized spacial score (nSPS) is 33.4. The van der Waals surface area contributed by atoms with E-state index in [-0.39, 0.29) is 5.60 Å². The lowest BCUT2D eigenvalue weighted by Gasteiger charge is -2.37. The third-order valence-electron chi connectivity index (χ3n) is 3.97. The van der Waals surface area contributed by atoms with Crippen molar-refractivity contribution in [1.29, 1.82) is 0 Å². The van der Waals surface area contributed by atoms with Crippen molar-refractivity contribution in [1.82, 2.24) is 4.90 Å². The summed E-state index contributed by atoms with van der Waals surface area (Å²) in [5.41, 5.74) is -0.350. The summed E-state index contributed by atoms with van der Waals surface area (Å²) in [7, 11) is 0. The van der Waals surface area contributed by atoms with Gasteiger partial charge < -0.3 is 5.11 Å². The van der Waals surface area contributed by atoms with E-state index in [1.807, 2.05) is 0 Å². The second-order valence-corrected chi connectivity index (χ2v) is 5.25. The summed E-state index contributed by atoms with van der Waals surface area (Å²) in [6, 6.07) is 0.695. The molecule has 0 aromatic carbocycles. The summed E-state index contributed by atoms with van der Waals surface area (Å²) < 4.78 is 0. The van der Waals surface area contributed by atoms with Gasteiger partial charge in [-0.25, -0.2) is 0 Å². The summed E-state index contributed by atoms with van der Waals surface area (Å²) in [4.78, 5) is 2.48. The number of nitrogens with zero attached hydrogens (tertiary/aromatic N) is 1. The van der Waals surface area contributed by atoms with Gasteiger partial charge >= 0.3 is 0 Å². The van der Waals surface area contributed by atoms with E-state index in [1.54, 1.807) is 0 Å². The molecule has 2 rings (SSSR count). The molecule has 1 saturated carbocycles. The van der Waals surface area contributed by atoms with Gasteiger partial charge in [0.15, 0.2) is 0 Å². The van der Waals surface area contributed by atoms with Crippen LogP contribution in [-0.4, -0.2) is 34.7 Å². The average molecular weight is 197 g/mol. The molecule has 1 heterocycles. The number of hydrogen-bond donors (Lipinski definition) is 1. The minimum atomic E-state index is -0.350. The van der Waals surface area contributed by atoms with Crippen LogP contribution >= 0.6 is 0 Å². The minimum Gasteiger partial charge on any atom is -0.389 e. The van der Waals surface area contributed by atoms with Crippen LogP contribution in [-0.2, 0) is 0 Å². The molecule has 2 fully saturated rings. The highest BCUT2D eigenvalue weighted by Crippen LogP contribution is 2.30. The first-order valence-electron chi connectivity index (χ1n) is 6.16. The Labute approximate surface area is 87.3 Å². The van der Waals surface area contributed by atoms with Gasteiger partial charge in [0.1, 0.15) is 0 Å². The summed E-state index contributed by atoms with van der Waals surface area (Å²) in [5, 5.41) is 10.4. The second-order valence-electron chi connectivity index (χ2n) is 5.25. The topological polar surface area (TPSA) is 23.5 Å². The van der Waals surface area contributed by atoms with Crippen molar-refractivity contribution in [3.63, 3.8) is 0 Å². The summed E-state index contributed by atoms with van der Waals surface area (Å²) in [5.74, 6) is 0. The van der Waals surface area contributed by atoms with Crippen LogP contribution in [0.3, 0.4) is 0 Å². The Hall–Kier alpha value is -0.0800. The Kier molecular flexibility index (Phi) is 3.13. The number of hydrogen-bond acceptors (Lipinski definition) is 2. The molecule has 0 bridgehead atoms. The highest BCUT2D eigenvalue weighted by molar-refractivity contribution is 4.88. The Morgan fingerprint density at radius 1 is 1.21 bits per heavy atom. The predicted octanol–water partition coefficient (Wildman–Crippen LogP) is 2.17. The number of likely N-dealkylation sites (tertiary alicyclic amines) is 1. The maximum atomic E-state index is 10.4. The van der Waals surface area contributed by atoms with E-state index in [1.165, 1.54) is 38.6 Å². The zero-order valence-electron chi connectivity index (χ0n) is 9.34. The van der Waals surface area contributed by atoms with Crippen molar-refractivity contribution in [3.8, 4) is 0 Å². The average Bonchev–Trinajstić information content (AvgIpc) is 2.52. The number of aliphatic hydroxyl groups is 1. The molecule has 1 aliphatic carbocycles. The van der Waals surface area contributed by atoms with E-state index in [0.29, 0.717) is 6.04 Å². The van der Waals surface area contributed by atoms with Crippen LogP contribution in [0.4, 0.5) is 0 Å². The first-order valence-corrected chi connectivity index (χ1v) is 6.16. The molecule has 1 unspecified atom stereocenters. The SMILES string of the molecule is CC1CCCN1CC1(O)CCCCC1. The van der Waals surface area contributed by atoms with Gasteiger partial charge in [0.2, 0.25) is 0 Å². The highest BCUT2D eigenvalue weighted by atomic mass is 16.3. The monoisotopic (exact) mass is 197 g/mol. The van der Waals surface area contributed by atoms with Crippen molar-refractivity contribution in [2.45, 2.75) is 63.5 Å². The molecule has 1 N–H and O–H groups in total. The molecule has 0 amide bonds. The molecule has 0 spiro atoms. The maximum Gasteiger partial charge on any atom is 0.0774 e. The van der Waals surface area contributed by atoms with Crippen LogP contribution in [0.25, 0.3) is 0 Å². The van der Waals surface area contributed by atoms with Crippen molar-refractivity contribution in [2.75, 3.05) is 13.1 Å². The molecule has 0 aromatic rings. The van der Waals surface area contributed by atoms with Gasteiger partial charge in [-0.3, -0.25) is 4.90 Å². The van der Waals surface area contributed by atoms with Crippen LogP contribution in [0, 0.1) is 0 Å². The van der Waals surface area contributed by atoms with Crippen LogP contribution in [0.5, 0.6) is 0 Å². The van der Waals surface area contributed by atoms with Gasteiger partial charge in [0, 0.05) is 12.6 Å². The van der Waals surface area contributed by atoms with Gasteiger partial charge in [0.05, 0.1) is 5.60 Å². The molecule has 2 nitrogen and oxygen atoms in total. The minimum absolute atomic E-state index is 0.350. The van der Waals surface area contributed by atoms with E-state index in [9.17, 15) is 5.11 Å². The van der Waals surface area contributed by atoms with Crippen molar-refractivity contribution >= 4 is 0 Å². The van der Waals surface area contributed by atoms with E-state index < -0.39 is 0 Å². The van der Waals surface area contributed by atoms with Crippen molar-refractivity contribution in [3.05, 3.63) is 0 Å². The van der Waals surface area contributed by atoms with E-state index in [2.05, 4.69) is 11.8 Å². The molecule has 1 atom stereocenters. The summed E-state index contributed by atoms with van der Waals surface area (Å²) in [6.07, 6.45) is 8.44. The fraction of sp³-hybridized carbons (Fsp3) is 1.00. The zero-order chi connectivity index (χ0) is 10.0. The van der Waals surface area contributed by atoms with Gasteiger partial charge in [-0.2, -0.15) is 0 Å². The fourth-order valence-corrected chi connectivity index (χ4v) is 2.97. The van der Waals surface area contributed by atoms with E-state index in [0.717, 1.165) is 19.4 Å². The first kappa shape index (κ1) is 10.4. The van der Waals surface area contributed by atoms with Gasteiger partial charge in [0.25, 0.3) is 0 Å². The summed E-state index contributed by atoms with van der Waals surface area (Å²) in [6.45, 7) is 4.41. The Bertz CT molecular complexity index is 187. The second kappa shape index (κ2) is 4.19. The molecule has 1 aliphatic heterocycles. The molecule has 0 radical (unpaired) electrons. The largest absolute Gasteiger partial charge is 0.389 e. The number of rotatable bonds is 2. The van der Waals surface area contributed by atoms with Crippen molar-refractivity contribution < 1.29 is 5.11 Å². The standard InChI is InChI=1S/C12H23NO/c1-11-6-5-9-13(11)10-12(14)7-3-2-4-8-12/h11,14H,2-10H2,1H3. The molecular formula is C12H23NO. The molecule has 0 aromatic heterocycles. The maximum absolute atomic E-state index is 10.4. The summed E-state index contributed by atoms with van der Waals surface area (Å²) >= 11 is 0. The van der Waals surface area contributed by atoms with E-state index >= 15 is 0 Å². The smallest absolute Gasteiger partial charge is 0.0774 e. The Morgan fingerprint density at radius 3 is 2.50 bits per heavy atom. The van der Waals surface area contributed by atoms with E-state index in [4.69, 9.17) is 0 Å². The van der Waals surface area contributed by atoms with Gasteiger partial charge in [-0.05, 0) is 39.2 Å². The number of β-amino-alcohol motifs (C(OH)–C–C–N with tert-alkyl or cyclic N) is 1. The lowest BCUT2D eigenvalue weighted by Crippen LogP contribution is -2.45. The molecule has 82 valence electrons. The first-order chi connectivity index (χ1) is 6.70. The molecule has 2 heteroatoms. The zero-order valence-corrected chi connectivity index (χ0v) is 9.34. The molecule has 2 aliphatic rings. The Morgan fingerprint density at radius 2 is 1.93 bits per heavy atom. The van der Waals surface area contributed by atoms with Crippen LogP contribution in [0.2, 0.25) is 0 Å². The third kappa shape index (κ3) is 2.29. The quantitative estimate of drug-likeness (QED) is 0.733. The predicted molar refractivity (Wildman–Crippen MR) is 58.3 cm³/mol. The Balaban J connectivity index is 1.88. The van der Waals surface area contributed by atoms with Crippen LogP contribution in [0.1, 0.15) is 51.9 Å². The lowest BCUT2D eigenvalue weighted by atomic mass is 9.84. The van der Waals surface area contributed by atoms with Gasteiger partial charge in [-0.1, -0.05) is 19.3 Å². The van der Waals surface area contributed by atoms with Crippen LogP contribution in [0.15, 0.2) is 0 Å². The highest BCUT2D eigenvalue weighted by Gasteiger charge is 2.33. The fourth-order valence-electron chi connectivity index (χ4n) is 2.97. The molecule has 14 heavy (non-hydrogen) atoms. The third-order valence-corrected chi connectivity index (χ3v) is 3.97.